The van der Waals surface area contributed by atoms with E-state index < -0.39 is 0 Å². The normalized spacial score (nSPS) is 10.4. The fraction of sp³-hybridized carbons (Fsp3) is 0.429. The number of carbonyl (C=O) groups is 2. The lowest BCUT2D eigenvalue weighted by atomic mass is 10.2. The molecular weight excluding hydrogens is 308 g/mol. The second-order valence-corrected chi connectivity index (χ2v) is 5.66. The lowest BCUT2D eigenvalue weighted by Gasteiger charge is -2.24. The molecule has 0 spiro atoms. The van der Waals surface area contributed by atoms with Gasteiger partial charge in [-0.05, 0) is 44.5 Å². The second kappa shape index (κ2) is 6.70. The molecule has 1 aromatic rings. The van der Waals surface area contributed by atoms with Gasteiger partial charge in [-0.3, -0.25) is 9.59 Å². The van der Waals surface area contributed by atoms with E-state index in [2.05, 4.69) is 21.2 Å². The van der Waals surface area contributed by atoms with Crippen LogP contribution in [0, 0.1) is 6.92 Å². The summed E-state index contributed by atoms with van der Waals surface area (Å²) in [6.45, 7) is 7.24. The van der Waals surface area contributed by atoms with E-state index in [1.165, 1.54) is 11.8 Å². The minimum atomic E-state index is -0.186. The predicted octanol–water partition coefficient (Wildman–Crippen LogP) is 2.95. The summed E-state index contributed by atoms with van der Waals surface area (Å²) < 4.78 is 0.968. The van der Waals surface area contributed by atoms with Crippen molar-refractivity contribution in [3.05, 3.63) is 28.2 Å². The first-order chi connectivity index (χ1) is 8.81. The highest BCUT2D eigenvalue weighted by atomic mass is 79.9. The summed E-state index contributed by atoms with van der Waals surface area (Å²) in [7, 11) is 0. The SMILES string of the molecule is CC(=O)N(CC(=O)Nc1ccc(Br)cc1C)C(C)C. The minimum absolute atomic E-state index is 0.00858. The Hall–Kier alpha value is -1.36. The number of carbonyl (C=O) groups excluding carboxylic acids is 2. The summed E-state index contributed by atoms with van der Waals surface area (Å²) in [6.07, 6.45) is 0. The van der Waals surface area contributed by atoms with Crippen molar-refractivity contribution in [3.63, 3.8) is 0 Å². The van der Waals surface area contributed by atoms with Crippen LogP contribution in [-0.2, 0) is 9.59 Å². The van der Waals surface area contributed by atoms with Crippen molar-refractivity contribution in [1.29, 1.82) is 0 Å². The lowest BCUT2D eigenvalue weighted by molar-refractivity contribution is -0.134. The molecule has 104 valence electrons. The number of hydrogen-bond donors (Lipinski definition) is 1. The van der Waals surface area contributed by atoms with Crippen LogP contribution >= 0.6 is 15.9 Å². The number of amides is 2. The Kier molecular flexibility index (Phi) is 5.54. The molecule has 0 fully saturated rings. The molecule has 19 heavy (non-hydrogen) atoms. The Morgan fingerprint density at radius 1 is 1.37 bits per heavy atom. The smallest absolute Gasteiger partial charge is 0.244 e. The van der Waals surface area contributed by atoms with Crippen molar-refractivity contribution in [2.75, 3.05) is 11.9 Å². The van der Waals surface area contributed by atoms with Crippen LogP contribution in [0.1, 0.15) is 26.3 Å². The maximum atomic E-state index is 12.0. The number of aryl methyl sites for hydroxylation is 1. The average molecular weight is 327 g/mol. The van der Waals surface area contributed by atoms with Crippen LogP contribution in [0.3, 0.4) is 0 Å². The number of halogens is 1. The molecule has 0 radical (unpaired) electrons. The maximum absolute atomic E-state index is 12.0. The van der Waals surface area contributed by atoms with Crippen LogP contribution in [0.2, 0.25) is 0 Å². The van der Waals surface area contributed by atoms with E-state index in [9.17, 15) is 9.59 Å². The van der Waals surface area contributed by atoms with Crippen molar-refractivity contribution in [2.24, 2.45) is 0 Å². The van der Waals surface area contributed by atoms with E-state index in [-0.39, 0.29) is 24.4 Å². The van der Waals surface area contributed by atoms with Crippen molar-refractivity contribution in [3.8, 4) is 0 Å². The van der Waals surface area contributed by atoms with Gasteiger partial charge in [-0.15, -0.1) is 0 Å². The zero-order valence-electron chi connectivity index (χ0n) is 11.7. The molecule has 4 nitrogen and oxygen atoms in total. The third kappa shape index (κ3) is 4.67. The number of hydrogen-bond acceptors (Lipinski definition) is 2. The standard InChI is InChI=1S/C14H19BrN2O2/c1-9(2)17(11(4)18)8-14(19)16-13-6-5-12(15)7-10(13)3/h5-7,9H,8H2,1-4H3,(H,16,19). The second-order valence-electron chi connectivity index (χ2n) is 4.75. The monoisotopic (exact) mass is 326 g/mol. The van der Waals surface area contributed by atoms with Crippen LogP contribution in [0.15, 0.2) is 22.7 Å². The Balaban J connectivity index is 2.72. The quantitative estimate of drug-likeness (QED) is 0.924. The largest absolute Gasteiger partial charge is 0.331 e. The molecule has 0 aliphatic heterocycles. The van der Waals surface area contributed by atoms with E-state index in [4.69, 9.17) is 0 Å². The minimum Gasteiger partial charge on any atom is -0.331 e. The molecule has 1 rings (SSSR count). The van der Waals surface area contributed by atoms with Crippen LogP contribution in [0.4, 0.5) is 5.69 Å². The first kappa shape index (κ1) is 15.7. The molecule has 0 saturated carbocycles. The number of anilines is 1. The Morgan fingerprint density at radius 2 is 2.00 bits per heavy atom. The summed E-state index contributed by atoms with van der Waals surface area (Å²) in [4.78, 5) is 24.9. The molecule has 0 saturated heterocycles. The van der Waals surface area contributed by atoms with Gasteiger partial charge in [0.25, 0.3) is 0 Å². The highest BCUT2D eigenvalue weighted by Gasteiger charge is 2.16. The number of benzene rings is 1. The van der Waals surface area contributed by atoms with Gasteiger partial charge >= 0.3 is 0 Å². The summed E-state index contributed by atoms with van der Waals surface area (Å²) in [6, 6.07) is 5.65. The van der Waals surface area contributed by atoms with Gasteiger partial charge in [0.2, 0.25) is 11.8 Å². The fourth-order valence-corrected chi connectivity index (χ4v) is 2.24. The molecule has 0 aliphatic carbocycles. The third-order valence-corrected chi connectivity index (χ3v) is 3.30. The Bertz CT molecular complexity index is 486. The summed E-state index contributed by atoms with van der Waals surface area (Å²) >= 11 is 3.38. The predicted molar refractivity (Wildman–Crippen MR) is 80.0 cm³/mol. The zero-order valence-corrected chi connectivity index (χ0v) is 13.2. The molecule has 0 atom stereocenters. The van der Waals surface area contributed by atoms with Crippen LogP contribution in [0.5, 0.6) is 0 Å². The van der Waals surface area contributed by atoms with Crippen molar-refractivity contribution < 1.29 is 9.59 Å². The van der Waals surface area contributed by atoms with Gasteiger partial charge in [0.15, 0.2) is 0 Å². The number of nitrogens with zero attached hydrogens (tertiary/aromatic N) is 1. The van der Waals surface area contributed by atoms with Gasteiger partial charge < -0.3 is 10.2 Å². The van der Waals surface area contributed by atoms with Gasteiger partial charge in [-0.25, -0.2) is 0 Å². The molecule has 0 heterocycles. The molecule has 0 aliphatic rings. The van der Waals surface area contributed by atoms with E-state index in [1.54, 1.807) is 0 Å². The number of nitrogens with one attached hydrogen (secondary N) is 1. The summed E-state index contributed by atoms with van der Waals surface area (Å²) in [5.74, 6) is -0.285. The van der Waals surface area contributed by atoms with Crippen molar-refractivity contribution in [2.45, 2.75) is 33.7 Å². The first-order valence-electron chi connectivity index (χ1n) is 6.14. The van der Waals surface area contributed by atoms with Gasteiger partial charge in [0.1, 0.15) is 6.54 Å². The highest BCUT2D eigenvalue weighted by molar-refractivity contribution is 9.10. The molecule has 0 unspecified atom stereocenters. The summed E-state index contributed by atoms with van der Waals surface area (Å²) in [5, 5.41) is 2.82. The lowest BCUT2D eigenvalue weighted by Crippen LogP contribution is -2.41. The number of rotatable bonds is 4. The van der Waals surface area contributed by atoms with Crippen molar-refractivity contribution in [1.82, 2.24) is 4.90 Å². The van der Waals surface area contributed by atoms with E-state index in [0.29, 0.717) is 0 Å². The van der Waals surface area contributed by atoms with Gasteiger partial charge in [0.05, 0.1) is 0 Å². The van der Waals surface area contributed by atoms with E-state index in [0.717, 1.165) is 15.7 Å². The highest BCUT2D eigenvalue weighted by Crippen LogP contribution is 2.20. The Morgan fingerprint density at radius 3 is 2.47 bits per heavy atom. The van der Waals surface area contributed by atoms with E-state index >= 15 is 0 Å². The molecule has 0 bridgehead atoms. The van der Waals surface area contributed by atoms with Gasteiger partial charge in [0, 0.05) is 23.1 Å². The molecular formula is C14H19BrN2O2. The van der Waals surface area contributed by atoms with Crippen LogP contribution in [0.25, 0.3) is 0 Å². The van der Waals surface area contributed by atoms with E-state index in [1.807, 2.05) is 39.0 Å². The maximum Gasteiger partial charge on any atom is 0.244 e. The summed E-state index contributed by atoms with van der Waals surface area (Å²) in [5.41, 5.74) is 1.74. The zero-order chi connectivity index (χ0) is 14.6. The van der Waals surface area contributed by atoms with Gasteiger partial charge in [-0.2, -0.15) is 0 Å². The first-order valence-corrected chi connectivity index (χ1v) is 6.93. The third-order valence-electron chi connectivity index (χ3n) is 2.80. The molecule has 1 aromatic carbocycles. The fourth-order valence-electron chi connectivity index (χ4n) is 1.77. The van der Waals surface area contributed by atoms with Gasteiger partial charge in [-0.1, -0.05) is 15.9 Å². The Labute approximate surface area is 122 Å². The molecule has 5 heteroatoms. The molecule has 1 N–H and O–H groups in total. The molecule has 2 amide bonds. The van der Waals surface area contributed by atoms with Crippen molar-refractivity contribution >= 4 is 33.4 Å². The average Bonchev–Trinajstić information content (AvgIpc) is 2.29. The topological polar surface area (TPSA) is 49.4 Å². The van der Waals surface area contributed by atoms with Crippen LogP contribution in [-0.4, -0.2) is 29.3 Å². The van der Waals surface area contributed by atoms with Crippen LogP contribution < -0.4 is 5.32 Å². The molecule has 0 aromatic heterocycles.